The van der Waals surface area contributed by atoms with E-state index in [2.05, 4.69) is 52.8 Å². The van der Waals surface area contributed by atoms with Crippen molar-refractivity contribution in [2.24, 2.45) is 0 Å². The molecule has 138 valence electrons. The highest BCUT2D eigenvalue weighted by molar-refractivity contribution is 5.85. The van der Waals surface area contributed by atoms with E-state index in [4.69, 9.17) is 4.74 Å². The van der Waals surface area contributed by atoms with Crippen LogP contribution in [-0.4, -0.2) is 40.6 Å². The molecule has 0 bridgehead atoms. The Morgan fingerprint density at radius 1 is 1.27 bits per heavy atom. The van der Waals surface area contributed by atoms with Crippen molar-refractivity contribution in [3.05, 3.63) is 47.7 Å². The zero-order valence-corrected chi connectivity index (χ0v) is 15.9. The molecule has 26 heavy (non-hydrogen) atoms. The van der Waals surface area contributed by atoms with Crippen molar-refractivity contribution in [2.45, 2.75) is 45.4 Å². The van der Waals surface area contributed by atoms with Crippen LogP contribution in [0.2, 0.25) is 0 Å². The summed E-state index contributed by atoms with van der Waals surface area (Å²) in [5.41, 5.74) is 1.96. The minimum atomic E-state index is -0.468. The number of nitrogens with zero attached hydrogens (tertiary/aromatic N) is 4. The van der Waals surface area contributed by atoms with E-state index >= 15 is 0 Å². The molecular formula is C20H26N4O2. The van der Waals surface area contributed by atoms with Gasteiger partial charge in [-0.15, -0.1) is 0 Å². The van der Waals surface area contributed by atoms with Gasteiger partial charge in [0.1, 0.15) is 5.82 Å². The van der Waals surface area contributed by atoms with Crippen molar-refractivity contribution < 1.29 is 9.53 Å². The maximum atomic E-state index is 12.2. The van der Waals surface area contributed by atoms with E-state index in [1.807, 2.05) is 18.5 Å². The number of hydrogen-bond donors (Lipinski definition) is 0. The molecule has 6 nitrogen and oxygen atoms in total. The van der Waals surface area contributed by atoms with Gasteiger partial charge in [-0.25, -0.2) is 14.8 Å². The van der Waals surface area contributed by atoms with E-state index in [1.165, 1.54) is 5.56 Å². The zero-order chi connectivity index (χ0) is 18.7. The molecule has 1 fully saturated rings. The lowest BCUT2D eigenvalue weighted by Gasteiger charge is -2.23. The summed E-state index contributed by atoms with van der Waals surface area (Å²) in [5.74, 6) is 0.910. The van der Waals surface area contributed by atoms with Crippen molar-refractivity contribution in [3.63, 3.8) is 0 Å². The maximum Gasteiger partial charge on any atom is 0.376 e. The highest BCUT2D eigenvalue weighted by Gasteiger charge is 2.28. The van der Waals surface area contributed by atoms with Gasteiger partial charge >= 0.3 is 5.97 Å². The molecule has 2 aromatic heterocycles. The Bertz CT molecular complexity index is 771. The summed E-state index contributed by atoms with van der Waals surface area (Å²) in [4.78, 5) is 27.5. The predicted molar refractivity (Wildman–Crippen MR) is 100 cm³/mol. The number of carbonyl (C=O) groups excluding carboxylic acids is 1. The number of carbonyl (C=O) groups is 1. The highest BCUT2D eigenvalue weighted by Crippen LogP contribution is 2.31. The lowest BCUT2D eigenvalue weighted by Crippen LogP contribution is -2.25. The molecule has 2 aromatic rings. The first kappa shape index (κ1) is 18.3. The Hall–Kier alpha value is -2.50. The predicted octanol–water partition coefficient (Wildman–Crippen LogP) is 3.34. The van der Waals surface area contributed by atoms with Crippen molar-refractivity contribution in [2.75, 3.05) is 24.6 Å². The van der Waals surface area contributed by atoms with Gasteiger partial charge in [-0.1, -0.05) is 20.8 Å². The smallest absolute Gasteiger partial charge is 0.376 e. The summed E-state index contributed by atoms with van der Waals surface area (Å²) in [6, 6.07) is 6.13. The number of esters is 1. The van der Waals surface area contributed by atoms with Crippen LogP contribution in [0.1, 0.15) is 61.9 Å². The molecular weight excluding hydrogens is 328 g/mol. The summed E-state index contributed by atoms with van der Waals surface area (Å²) < 4.78 is 5.11. The van der Waals surface area contributed by atoms with Gasteiger partial charge in [0, 0.05) is 42.9 Å². The Morgan fingerprint density at radius 2 is 2.00 bits per heavy atom. The van der Waals surface area contributed by atoms with E-state index in [1.54, 1.807) is 6.92 Å². The van der Waals surface area contributed by atoms with Gasteiger partial charge in [-0.2, -0.15) is 0 Å². The molecule has 0 amide bonds. The van der Waals surface area contributed by atoms with Gasteiger partial charge < -0.3 is 9.64 Å². The van der Waals surface area contributed by atoms with Crippen molar-refractivity contribution in [1.82, 2.24) is 15.0 Å². The molecule has 1 aliphatic rings. The maximum absolute atomic E-state index is 12.2. The number of aromatic nitrogens is 3. The van der Waals surface area contributed by atoms with Crippen LogP contribution >= 0.6 is 0 Å². The first-order chi connectivity index (χ1) is 12.4. The fraction of sp³-hybridized carbons (Fsp3) is 0.500. The lowest BCUT2D eigenvalue weighted by atomic mass is 9.92. The van der Waals surface area contributed by atoms with Crippen LogP contribution < -0.4 is 4.90 Å². The summed E-state index contributed by atoms with van der Waals surface area (Å²) in [5, 5.41) is 0. The van der Waals surface area contributed by atoms with Gasteiger partial charge in [0.15, 0.2) is 0 Å². The number of ether oxygens (including phenoxy) is 1. The molecule has 1 unspecified atom stereocenters. The molecule has 1 aliphatic heterocycles. The fourth-order valence-electron chi connectivity index (χ4n) is 3.14. The monoisotopic (exact) mass is 354 g/mol. The minimum absolute atomic E-state index is 0.140. The van der Waals surface area contributed by atoms with Crippen molar-refractivity contribution in [1.29, 1.82) is 0 Å². The molecule has 0 aliphatic carbocycles. The summed E-state index contributed by atoms with van der Waals surface area (Å²) in [7, 11) is 0. The third kappa shape index (κ3) is 4.00. The number of pyridine rings is 1. The third-order valence-electron chi connectivity index (χ3n) is 4.63. The zero-order valence-electron chi connectivity index (χ0n) is 15.9. The highest BCUT2D eigenvalue weighted by atomic mass is 16.5. The van der Waals surface area contributed by atoms with Crippen LogP contribution in [0, 0.1) is 0 Å². The summed E-state index contributed by atoms with van der Waals surface area (Å²) in [6.07, 6.45) is 4.71. The molecule has 0 aromatic carbocycles. The minimum Gasteiger partial charge on any atom is -0.460 e. The SMILES string of the molecule is CCOC(=O)c1nc(N2CCC(c3ccncc3)C2)cc(C(C)(C)C)n1. The first-order valence-electron chi connectivity index (χ1n) is 9.10. The Labute approximate surface area is 154 Å². The van der Waals surface area contributed by atoms with E-state index in [0.717, 1.165) is 31.0 Å². The van der Waals surface area contributed by atoms with Crippen LogP contribution in [0.3, 0.4) is 0 Å². The summed E-state index contributed by atoms with van der Waals surface area (Å²) in [6.45, 7) is 10.1. The second kappa shape index (κ2) is 7.40. The Morgan fingerprint density at radius 3 is 2.65 bits per heavy atom. The lowest BCUT2D eigenvalue weighted by molar-refractivity contribution is 0.0511. The Balaban J connectivity index is 1.89. The second-order valence-electron chi connectivity index (χ2n) is 7.62. The van der Waals surface area contributed by atoms with Crippen molar-refractivity contribution >= 4 is 11.8 Å². The molecule has 1 atom stereocenters. The molecule has 0 spiro atoms. The molecule has 3 heterocycles. The van der Waals surface area contributed by atoms with E-state index < -0.39 is 5.97 Å². The largest absolute Gasteiger partial charge is 0.460 e. The van der Waals surface area contributed by atoms with Crippen LogP contribution in [0.4, 0.5) is 5.82 Å². The van der Waals surface area contributed by atoms with E-state index in [0.29, 0.717) is 12.5 Å². The standard InChI is InChI=1S/C20H26N4O2/c1-5-26-19(25)18-22-16(20(2,3)4)12-17(23-18)24-11-8-15(13-24)14-6-9-21-10-7-14/h6-7,9-10,12,15H,5,8,11,13H2,1-4H3. The molecule has 1 saturated heterocycles. The molecule has 3 rings (SSSR count). The van der Waals surface area contributed by atoms with Crippen LogP contribution in [-0.2, 0) is 10.2 Å². The van der Waals surface area contributed by atoms with Gasteiger partial charge in [0.2, 0.25) is 5.82 Å². The average Bonchev–Trinajstić information content (AvgIpc) is 3.12. The van der Waals surface area contributed by atoms with Gasteiger partial charge in [0.25, 0.3) is 0 Å². The van der Waals surface area contributed by atoms with E-state index in [9.17, 15) is 4.79 Å². The number of hydrogen-bond acceptors (Lipinski definition) is 6. The van der Waals surface area contributed by atoms with Crippen molar-refractivity contribution in [3.8, 4) is 0 Å². The van der Waals surface area contributed by atoms with Gasteiger partial charge in [0.05, 0.1) is 12.3 Å². The van der Waals surface area contributed by atoms with Crippen LogP contribution in [0.25, 0.3) is 0 Å². The van der Waals surface area contributed by atoms with Gasteiger partial charge in [-0.05, 0) is 31.0 Å². The molecule has 6 heteroatoms. The van der Waals surface area contributed by atoms with E-state index in [-0.39, 0.29) is 11.2 Å². The third-order valence-corrected chi connectivity index (χ3v) is 4.63. The molecule has 0 N–H and O–H groups in total. The first-order valence-corrected chi connectivity index (χ1v) is 9.10. The quantitative estimate of drug-likeness (QED) is 0.785. The normalized spacial score (nSPS) is 17.4. The average molecular weight is 354 g/mol. The molecule has 0 radical (unpaired) electrons. The van der Waals surface area contributed by atoms with Gasteiger partial charge in [-0.3, -0.25) is 4.98 Å². The Kier molecular flexibility index (Phi) is 5.20. The fourth-order valence-corrected chi connectivity index (χ4v) is 3.14. The molecule has 0 saturated carbocycles. The van der Waals surface area contributed by atoms with Crippen LogP contribution in [0.15, 0.2) is 30.6 Å². The number of rotatable bonds is 4. The second-order valence-corrected chi connectivity index (χ2v) is 7.62. The topological polar surface area (TPSA) is 68.2 Å². The van der Waals surface area contributed by atoms with Crippen LogP contribution in [0.5, 0.6) is 0 Å². The summed E-state index contributed by atoms with van der Waals surface area (Å²) >= 11 is 0. The number of anilines is 1.